The van der Waals surface area contributed by atoms with Gasteiger partial charge >= 0.3 is 24.3 Å². The molecule has 0 atom stereocenters. The molecule has 0 aliphatic carbocycles. The van der Waals surface area contributed by atoms with Gasteiger partial charge in [0.1, 0.15) is 22.4 Å². The number of nitrogens with zero attached hydrogens (tertiary/aromatic N) is 4. The van der Waals surface area contributed by atoms with E-state index in [0.717, 1.165) is 0 Å². The summed E-state index contributed by atoms with van der Waals surface area (Å²) in [5, 5.41) is 0. The summed E-state index contributed by atoms with van der Waals surface area (Å²) in [5.74, 6) is 0. The Bertz CT molecular complexity index is 676. The molecule has 250 valence electrons. The average molecular weight is 659 g/mol. The van der Waals surface area contributed by atoms with Crippen LogP contribution in [-0.4, -0.2) is 82.3 Å². The van der Waals surface area contributed by atoms with Crippen LogP contribution in [0, 0.1) is 26.3 Å². The third-order valence-electron chi connectivity index (χ3n) is 3.98. The molecule has 0 aromatic carbocycles. The van der Waals surface area contributed by atoms with E-state index in [4.69, 9.17) is 45.2 Å². The molecule has 8 nitrogen and oxygen atoms in total. The van der Waals surface area contributed by atoms with E-state index in [-0.39, 0.29) is 39.5 Å². The first-order valence-electron chi connectivity index (χ1n) is 13.2. The van der Waals surface area contributed by atoms with Gasteiger partial charge in [-0.2, -0.15) is 0 Å². The summed E-state index contributed by atoms with van der Waals surface area (Å²) in [7, 11) is -6.00. The maximum Gasteiger partial charge on any atom is 1.00 e. The maximum atomic E-state index is 9.75. The second kappa shape index (κ2) is 29.2. The van der Waals surface area contributed by atoms with Crippen molar-refractivity contribution in [2.24, 2.45) is 0 Å². The van der Waals surface area contributed by atoms with Crippen LogP contribution in [0.5, 0.6) is 0 Å². The number of hydrogen-bond acceptors (Lipinski definition) is 4. The van der Waals surface area contributed by atoms with Crippen molar-refractivity contribution in [1.29, 1.82) is 0 Å². The van der Waals surface area contributed by atoms with Crippen molar-refractivity contribution < 1.29 is 53.3 Å². The first kappa shape index (κ1) is 52.7. The summed E-state index contributed by atoms with van der Waals surface area (Å²) in [4.78, 5) is 13.0. The SMILES string of the molecule is F[B-](F)(F)F.[C-]#[N+]CC(C)(C)OCC.[C-]#[N+]CC(C)(C)OCC.[C-]#[N+]CC(C)(C)OCC.[C-]#[N+]CC(C)(C)OCC.[Cu+]. The second-order valence-corrected chi connectivity index (χ2v) is 10.5. The molecule has 0 aliphatic heterocycles. The predicted octanol–water partition coefficient (Wildman–Crippen LogP) is 8.18. The topological polar surface area (TPSA) is 54.4 Å². The minimum atomic E-state index is -6.00. The Morgan fingerprint density at radius 3 is 0.643 bits per heavy atom. The molecule has 0 saturated heterocycles. The summed E-state index contributed by atoms with van der Waals surface area (Å²) in [6.45, 7) is 54.0. The summed E-state index contributed by atoms with van der Waals surface area (Å²) >= 11 is 0. The van der Waals surface area contributed by atoms with E-state index in [0.29, 0.717) is 52.6 Å². The van der Waals surface area contributed by atoms with Crippen molar-refractivity contribution in [1.82, 2.24) is 0 Å². The van der Waals surface area contributed by atoms with E-state index in [1.165, 1.54) is 0 Å². The molecule has 0 heterocycles. The van der Waals surface area contributed by atoms with Gasteiger partial charge in [0.25, 0.3) is 0 Å². The molecular formula is C28H52BCuF4N4O4. The molecule has 0 N–H and O–H groups in total. The van der Waals surface area contributed by atoms with Crippen molar-refractivity contribution in [2.75, 3.05) is 52.6 Å². The molecular weight excluding hydrogens is 607 g/mol. The van der Waals surface area contributed by atoms with Crippen LogP contribution in [0.25, 0.3) is 19.4 Å². The fourth-order valence-electron chi connectivity index (χ4n) is 2.51. The first-order chi connectivity index (χ1) is 18.5. The van der Waals surface area contributed by atoms with Crippen LogP contribution in [0.4, 0.5) is 17.3 Å². The van der Waals surface area contributed by atoms with Crippen molar-refractivity contribution in [3.8, 4) is 0 Å². The monoisotopic (exact) mass is 658 g/mol. The molecule has 14 heteroatoms. The standard InChI is InChI=1S/4C7H13NO.BF4.Cu/c4*1-5-9-7(2,3)6-8-4;2-1(3,4)5;/h4*5-6H2,1-3H3;;/q;;;;-1;+1. The number of rotatable bonds is 12. The first-order valence-corrected chi connectivity index (χ1v) is 13.2. The van der Waals surface area contributed by atoms with Gasteiger partial charge in [-0.1, -0.05) is 0 Å². The predicted molar refractivity (Wildman–Crippen MR) is 159 cm³/mol. The molecule has 0 rings (SSSR count). The maximum absolute atomic E-state index is 9.75. The molecule has 0 saturated carbocycles. The molecule has 0 aliphatic rings. The van der Waals surface area contributed by atoms with Crippen LogP contribution in [0.3, 0.4) is 0 Å². The normalized spacial score (nSPS) is 10.8. The molecule has 0 aromatic rings. The van der Waals surface area contributed by atoms with Crippen LogP contribution < -0.4 is 0 Å². The van der Waals surface area contributed by atoms with E-state index >= 15 is 0 Å². The smallest absolute Gasteiger partial charge is 0.418 e. The van der Waals surface area contributed by atoms with Gasteiger partial charge in [-0.15, -0.1) is 0 Å². The quantitative estimate of drug-likeness (QED) is 0.121. The Balaban J connectivity index is -0.0000000970. The van der Waals surface area contributed by atoms with Gasteiger partial charge in [0.05, 0.1) is 0 Å². The van der Waals surface area contributed by atoms with E-state index < -0.39 is 7.25 Å². The van der Waals surface area contributed by atoms with Crippen LogP contribution in [0.15, 0.2) is 0 Å². The molecule has 0 spiro atoms. The third-order valence-corrected chi connectivity index (χ3v) is 3.98. The summed E-state index contributed by atoms with van der Waals surface area (Å²) < 4.78 is 60.0. The number of halogens is 4. The van der Waals surface area contributed by atoms with Crippen LogP contribution >= 0.6 is 0 Å². The largest absolute Gasteiger partial charge is 1.00 e. The van der Waals surface area contributed by atoms with Crippen LogP contribution in [0.2, 0.25) is 0 Å². The minimum Gasteiger partial charge on any atom is -0.418 e. The van der Waals surface area contributed by atoms with Crippen LogP contribution in [-0.2, 0) is 36.0 Å². The van der Waals surface area contributed by atoms with Crippen LogP contribution in [0.1, 0.15) is 83.1 Å². The van der Waals surface area contributed by atoms with E-state index in [1.54, 1.807) is 0 Å². The second-order valence-electron chi connectivity index (χ2n) is 10.5. The molecule has 0 amide bonds. The van der Waals surface area contributed by atoms with Crippen molar-refractivity contribution >= 4 is 7.25 Å². The molecule has 0 radical (unpaired) electrons. The Morgan fingerprint density at radius 2 is 0.571 bits per heavy atom. The Kier molecular flexibility index (Phi) is 36.6. The zero-order valence-corrected chi connectivity index (χ0v) is 28.4. The minimum absolute atomic E-state index is 0. The third kappa shape index (κ3) is 57.9. The van der Waals surface area contributed by atoms with Gasteiger partial charge in [-0.3, -0.25) is 0 Å². The van der Waals surface area contributed by atoms with Gasteiger partial charge < -0.3 is 55.6 Å². The summed E-state index contributed by atoms with van der Waals surface area (Å²) in [5.41, 5.74) is -1.01. The zero-order chi connectivity index (χ0) is 33.8. The molecule has 42 heavy (non-hydrogen) atoms. The Labute approximate surface area is 264 Å². The summed E-state index contributed by atoms with van der Waals surface area (Å²) in [6, 6.07) is 0. The van der Waals surface area contributed by atoms with E-state index in [2.05, 4.69) is 19.4 Å². The van der Waals surface area contributed by atoms with Gasteiger partial charge in [0.15, 0.2) is 0 Å². The number of hydrogen-bond donors (Lipinski definition) is 0. The summed E-state index contributed by atoms with van der Waals surface area (Å²) in [6.07, 6.45) is 0. The van der Waals surface area contributed by atoms with Crippen molar-refractivity contribution in [3.63, 3.8) is 0 Å². The van der Waals surface area contributed by atoms with E-state index in [1.807, 2.05) is 83.1 Å². The molecule has 0 unspecified atom stereocenters. The van der Waals surface area contributed by atoms with E-state index in [9.17, 15) is 17.3 Å². The van der Waals surface area contributed by atoms with Gasteiger partial charge in [-0.05, 0) is 83.1 Å². The molecule has 0 aromatic heterocycles. The van der Waals surface area contributed by atoms with Crippen molar-refractivity contribution in [3.05, 3.63) is 45.7 Å². The fraction of sp³-hybridized carbons (Fsp3) is 0.857. The van der Waals surface area contributed by atoms with Gasteiger partial charge in [-0.25, -0.2) is 26.3 Å². The zero-order valence-electron chi connectivity index (χ0n) is 27.5. The van der Waals surface area contributed by atoms with Gasteiger partial charge in [0.2, 0.25) is 26.2 Å². The Morgan fingerprint density at radius 1 is 0.452 bits per heavy atom. The molecule has 0 fully saturated rings. The number of ether oxygens (including phenoxy) is 4. The van der Waals surface area contributed by atoms with Crippen molar-refractivity contribution in [2.45, 2.75) is 105 Å². The average Bonchev–Trinajstić information content (AvgIpc) is 2.73. The van der Waals surface area contributed by atoms with Gasteiger partial charge in [0, 0.05) is 26.4 Å². The molecule has 0 bridgehead atoms. The Hall–Kier alpha value is -1.90. The fourth-order valence-corrected chi connectivity index (χ4v) is 2.51.